The molecule has 5 rings (SSSR count). The van der Waals surface area contributed by atoms with E-state index in [2.05, 4.69) is 27.6 Å². The molecule has 0 unspecified atom stereocenters. The van der Waals surface area contributed by atoms with Gasteiger partial charge in [-0.1, -0.05) is 54.6 Å². The van der Waals surface area contributed by atoms with Crippen LogP contribution in [0.4, 0.5) is 10.6 Å². The Balaban J connectivity index is 1.28. The summed E-state index contributed by atoms with van der Waals surface area (Å²) in [7, 11) is 3.17. The number of anilines is 1. The van der Waals surface area contributed by atoms with Gasteiger partial charge in [-0.05, 0) is 61.6 Å². The molecule has 2 saturated carbocycles. The molecule has 2 aliphatic carbocycles. The fourth-order valence-corrected chi connectivity index (χ4v) is 5.37. The predicted molar refractivity (Wildman–Crippen MR) is 147 cm³/mol. The maximum Gasteiger partial charge on any atom is 0.409 e. The van der Waals surface area contributed by atoms with E-state index in [0.29, 0.717) is 12.2 Å². The van der Waals surface area contributed by atoms with Crippen LogP contribution in [0, 0.1) is 5.92 Å². The largest absolute Gasteiger partial charge is 0.453 e. The minimum absolute atomic E-state index is 0.0714. The summed E-state index contributed by atoms with van der Waals surface area (Å²) in [5, 5.41) is 11.9. The Hall–Kier alpha value is -3.78. The number of benzene rings is 2. The first-order valence-corrected chi connectivity index (χ1v) is 13.3. The highest BCUT2D eigenvalue weighted by Gasteiger charge is 2.39. The summed E-state index contributed by atoms with van der Waals surface area (Å²) in [6, 6.07) is 20.3. The van der Waals surface area contributed by atoms with Gasteiger partial charge in [0.2, 0.25) is 5.91 Å². The number of hydrogen-bond acceptors (Lipinski definition) is 6. The Labute approximate surface area is 223 Å². The number of hydrogen-bond donors (Lipinski definition) is 2. The standard InChI is InChI=1S/C30H35N5O3/c1-35(29(37)38-2)24-14-8-20(9-15-24)18-27(36)32-26-19-25(21-6-4-3-5-7-21)28(34-33-26)22-10-12-23(13-11-22)30(31)16-17-30/h3-7,10-13,19-20,24H,8-9,14-18,31H2,1-2H3,(H,32,33,36). The first kappa shape index (κ1) is 25.9. The van der Waals surface area contributed by atoms with Crippen molar-refractivity contribution in [3.63, 3.8) is 0 Å². The van der Waals surface area contributed by atoms with Gasteiger partial charge in [-0.25, -0.2) is 4.79 Å². The van der Waals surface area contributed by atoms with Crippen LogP contribution in [0.25, 0.3) is 22.4 Å². The fourth-order valence-electron chi connectivity index (χ4n) is 5.37. The van der Waals surface area contributed by atoms with E-state index >= 15 is 0 Å². The summed E-state index contributed by atoms with van der Waals surface area (Å²) < 4.78 is 4.83. The number of nitrogens with one attached hydrogen (secondary N) is 1. The average Bonchev–Trinajstić information content (AvgIpc) is 3.71. The van der Waals surface area contributed by atoms with Crippen molar-refractivity contribution in [3.05, 3.63) is 66.2 Å². The summed E-state index contributed by atoms with van der Waals surface area (Å²) in [5.74, 6) is 0.638. The summed E-state index contributed by atoms with van der Waals surface area (Å²) >= 11 is 0. The molecule has 2 aliphatic rings. The van der Waals surface area contributed by atoms with Gasteiger partial charge in [-0.3, -0.25) is 4.79 Å². The lowest BCUT2D eigenvalue weighted by Crippen LogP contribution is -2.39. The monoisotopic (exact) mass is 513 g/mol. The van der Waals surface area contributed by atoms with E-state index < -0.39 is 0 Å². The summed E-state index contributed by atoms with van der Waals surface area (Å²) in [5.41, 5.74) is 10.9. The topological polar surface area (TPSA) is 110 Å². The highest BCUT2D eigenvalue weighted by atomic mass is 16.5. The molecule has 38 heavy (non-hydrogen) atoms. The molecule has 0 saturated heterocycles. The van der Waals surface area contributed by atoms with Gasteiger partial charge in [0, 0.05) is 36.2 Å². The molecule has 3 aromatic rings. The summed E-state index contributed by atoms with van der Waals surface area (Å²) in [6.45, 7) is 0. The lowest BCUT2D eigenvalue weighted by atomic mass is 9.83. The molecular weight excluding hydrogens is 478 g/mol. The van der Waals surface area contributed by atoms with Crippen LogP contribution in [0.1, 0.15) is 50.5 Å². The number of methoxy groups -OCH3 is 1. The number of nitrogens with zero attached hydrogens (tertiary/aromatic N) is 3. The fraction of sp³-hybridized carbons (Fsp3) is 0.400. The number of carbonyl (C=O) groups excluding carboxylic acids is 2. The quantitative estimate of drug-likeness (QED) is 0.441. The molecule has 0 aliphatic heterocycles. The first-order chi connectivity index (χ1) is 18.4. The second-order valence-corrected chi connectivity index (χ2v) is 10.6. The van der Waals surface area contributed by atoms with Crippen molar-refractivity contribution in [2.24, 2.45) is 11.7 Å². The Morgan fingerprint density at radius 1 is 1.00 bits per heavy atom. The molecule has 8 heteroatoms. The second-order valence-electron chi connectivity index (χ2n) is 10.6. The molecule has 0 spiro atoms. The van der Waals surface area contributed by atoms with Crippen molar-refractivity contribution in [2.45, 2.75) is 56.5 Å². The smallest absolute Gasteiger partial charge is 0.409 e. The number of amides is 2. The zero-order valence-corrected chi connectivity index (χ0v) is 22.0. The van der Waals surface area contributed by atoms with E-state index in [1.807, 2.05) is 48.5 Å². The molecule has 198 valence electrons. The molecule has 2 aromatic carbocycles. The normalized spacial score (nSPS) is 19.9. The Morgan fingerprint density at radius 3 is 2.32 bits per heavy atom. The number of nitrogens with two attached hydrogens (primary N) is 1. The van der Waals surface area contributed by atoms with Crippen LogP contribution < -0.4 is 11.1 Å². The molecule has 1 heterocycles. The van der Waals surface area contributed by atoms with Crippen molar-refractivity contribution < 1.29 is 14.3 Å². The molecule has 2 fully saturated rings. The molecule has 0 radical (unpaired) electrons. The average molecular weight is 514 g/mol. The maximum atomic E-state index is 12.9. The lowest BCUT2D eigenvalue weighted by molar-refractivity contribution is -0.117. The van der Waals surface area contributed by atoms with Gasteiger partial charge in [0.25, 0.3) is 0 Å². The molecule has 0 atom stereocenters. The zero-order chi connectivity index (χ0) is 26.7. The highest BCUT2D eigenvalue weighted by Crippen LogP contribution is 2.43. The van der Waals surface area contributed by atoms with Crippen molar-refractivity contribution in [1.82, 2.24) is 15.1 Å². The van der Waals surface area contributed by atoms with Gasteiger partial charge >= 0.3 is 6.09 Å². The number of carbonyl (C=O) groups is 2. The van der Waals surface area contributed by atoms with E-state index in [1.54, 1.807) is 11.9 Å². The van der Waals surface area contributed by atoms with Crippen LogP contribution in [-0.2, 0) is 15.1 Å². The van der Waals surface area contributed by atoms with Gasteiger partial charge in [-0.2, -0.15) is 0 Å². The Morgan fingerprint density at radius 2 is 1.68 bits per heavy atom. The van der Waals surface area contributed by atoms with E-state index in [9.17, 15) is 9.59 Å². The number of rotatable bonds is 7. The maximum absolute atomic E-state index is 12.9. The van der Waals surface area contributed by atoms with Crippen LogP contribution in [-0.4, -0.2) is 47.3 Å². The molecule has 0 bridgehead atoms. The zero-order valence-electron chi connectivity index (χ0n) is 22.0. The SMILES string of the molecule is COC(=O)N(C)C1CCC(CC(=O)Nc2cc(-c3ccccc3)c(-c3ccc(C4(N)CC4)cc3)nn2)CC1. The van der Waals surface area contributed by atoms with Crippen molar-refractivity contribution in [1.29, 1.82) is 0 Å². The predicted octanol–water partition coefficient (Wildman–Crippen LogP) is 5.34. The minimum Gasteiger partial charge on any atom is -0.453 e. The molecule has 8 nitrogen and oxygen atoms in total. The minimum atomic E-state index is -0.315. The van der Waals surface area contributed by atoms with E-state index in [-0.39, 0.29) is 29.5 Å². The van der Waals surface area contributed by atoms with Crippen molar-refractivity contribution in [2.75, 3.05) is 19.5 Å². The van der Waals surface area contributed by atoms with Crippen LogP contribution >= 0.6 is 0 Å². The summed E-state index contributed by atoms with van der Waals surface area (Å²) in [6.07, 6.45) is 5.63. The third-order valence-electron chi connectivity index (χ3n) is 7.97. The van der Waals surface area contributed by atoms with E-state index in [4.69, 9.17) is 10.5 Å². The highest BCUT2D eigenvalue weighted by molar-refractivity contribution is 5.91. The van der Waals surface area contributed by atoms with Crippen LogP contribution in [0.2, 0.25) is 0 Å². The Bertz CT molecular complexity index is 1280. The van der Waals surface area contributed by atoms with Gasteiger partial charge in [0.05, 0.1) is 7.11 Å². The molecular formula is C30H35N5O3. The van der Waals surface area contributed by atoms with Crippen LogP contribution in [0.3, 0.4) is 0 Å². The van der Waals surface area contributed by atoms with Crippen molar-refractivity contribution in [3.8, 4) is 22.4 Å². The lowest BCUT2D eigenvalue weighted by Gasteiger charge is -2.33. The second kappa shape index (κ2) is 10.9. The van der Waals surface area contributed by atoms with Crippen LogP contribution in [0.15, 0.2) is 60.7 Å². The first-order valence-electron chi connectivity index (χ1n) is 13.3. The van der Waals surface area contributed by atoms with Gasteiger partial charge in [0.15, 0.2) is 5.82 Å². The molecule has 1 aromatic heterocycles. The van der Waals surface area contributed by atoms with Gasteiger partial charge in [-0.15, -0.1) is 10.2 Å². The van der Waals surface area contributed by atoms with Gasteiger partial charge < -0.3 is 20.7 Å². The van der Waals surface area contributed by atoms with E-state index in [1.165, 1.54) is 7.11 Å². The number of ether oxygens (including phenoxy) is 1. The van der Waals surface area contributed by atoms with Crippen molar-refractivity contribution >= 4 is 17.8 Å². The molecule has 3 N–H and O–H groups in total. The summed E-state index contributed by atoms with van der Waals surface area (Å²) in [4.78, 5) is 26.4. The third kappa shape index (κ3) is 5.70. The van der Waals surface area contributed by atoms with Crippen LogP contribution in [0.5, 0.6) is 0 Å². The van der Waals surface area contributed by atoms with E-state index in [0.717, 1.165) is 66.5 Å². The third-order valence-corrected chi connectivity index (χ3v) is 7.97. The number of aromatic nitrogens is 2. The molecule has 2 amide bonds. The van der Waals surface area contributed by atoms with Gasteiger partial charge in [0.1, 0.15) is 5.69 Å². The Kier molecular flexibility index (Phi) is 7.42.